The Hall–Kier alpha value is -1.06. The van der Waals surface area contributed by atoms with Gasteiger partial charge in [-0.15, -0.1) is 0 Å². The van der Waals surface area contributed by atoms with E-state index >= 15 is 0 Å². The Morgan fingerprint density at radius 2 is 2.06 bits per heavy atom. The van der Waals surface area contributed by atoms with E-state index in [0.29, 0.717) is 29.7 Å². The Labute approximate surface area is 113 Å². The highest BCUT2D eigenvalue weighted by Gasteiger charge is 2.10. The molecule has 0 aromatic heterocycles. The molecule has 0 saturated carbocycles. The van der Waals surface area contributed by atoms with Gasteiger partial charge in [0.2, 0.25) is 0 Å². The zero-order valence-corrected chi connectivity index (χ0v) is 11.7. The van der Waals surface area contributed by atoms with Crippen LogP contribution in [0.15, 0.2) is 24.3 Å². The van der Waals surface area contributed by atoms with Crippen molar-refractivity contribution in [1.82, 2.24) is 5.32 Å². The molecule has 18 heavy (non-hydrogen) atoms. The second kappa shape index (κ2) is 8.11. The first-order valence-corrected chi connectivity index (χ1v) is 6.61. The number of esters is 1. The molecule has 0 unspecified atom stereocenters. The zero-order valence-electron chi connectivity index (χ0n) is 10.9. The number of halogens is 1. The van der Waals surface area contributed by atoms with E-state index in [1.54, 1.807) is 24.3 Å². The van der Waals surface area contributed by atoms with Gasteiger partial charge in [-0.2, -0.15) is 0 Å². The van der Waals surface area contributed by atoms with Crippen LogP contribution in [0.4, 0.5) is 0 Å². The average molecular weight is 270 g/mol. The van der Waals surface area contributed by atoms with Gasteiger partial charge >= 0.3 is 5.97 Å². The van der Waals surface area contributed by atoms with Gasteiger partial charge in [0.1, 0.15) is 6.61 Å². The summed E-state index contributed by atoms with van der Waals surface area (Å²) in [4.78, 5) is 11.7. The fraction of sp³-hybridized carbons (Fsp3) is 0.500. The number of carbonyl (C=O) groups excluding carboxylic acids is 1. The Kier molecular flexibility index (Phi) is 6.76. The molecule has 4 heteroatoms. The lowest BCUT2D eigenvalue weighted by Crippen LogP contribution is -2.23. The monoisotopic (exact) mass is 269 g/mol. The third kappa shape index (κ3) is 5.52. The van der Waals surface area contributed by atoms with Gasteiger partial charge in [-0.1, -0.05) is 37.6 Å². The van der Waals surface area contributed by atoms with Crippen molar-refractivity contribution in [2.24, 2.45) is 5.92 Å². The maximum absolute atomic E-state index is 11.7. The van der Waals surface area contributed by atoms with Crippen LogP contribution in [0.5, 0.6) is 0 Å². The van der Waals surface area contributed by atoms with Crippen LogP contribution in [-0.2, 0) is 4.74 Å². The minimum atomic E-state index is -0.369. The van der Waals surface area contributed by atoms with E-state index in [2.05, 4.69) is 19.2 Å². The first kappa shape index (κ1) is 15.0. The Morgan fingerprint density at radius 1 is 1.33 bits per heavy atom. The van der Waals surface area contributed by atoms with Crippen LogP contribution in [0, 0.1) is 5.92 Å². The molecule has 0 aliphatic carbocycles. The molecule has 0 atom stereocenters. The highest BCUT2D eigenvalue weighted by Crippen LogP contribution is 2.15. The van der Waals surface area contributed by atoms with Crippen molar-refractivity contribution in [3.05, 3.63) is 34.9 Å². The van der Waals surface area contributed by atoms with Crippen LogP contribution in [0.25, 0.3) is 0 Å². The highest BCUT2D eigenvalue weighted by atomic mass is 35.5. The Morgan fingerprint density at radius 3 is 2.72 bits per heavy atom. The molecule has 1 aromatic rings. The Bertz CT molecular complexity index is 380. The SMILES string of the molecule is CC(C)CCNCCOC(=O)c1ccccc1Cl. The van der Waals surface area contributed by atoms with Crippen molar-refractivity contribution in [1.29, 1.82) is 0 Å². The topological polar surface area (TPSA) is 38.3 Å². The molecule has 1 N–H and O–H groups in total. The highest BCUT2D eigenvalue weighted by molar-refractivity contribution is 6.33. The van der Waals surface area contributed by atoms with Crippen LogP contribution < -0.4 is 5.32 Å². The van der Waals surface area contributed by atoms with E-state index in [9.17, 15) is 4.79 Å². The number of nitrogens with one attached hydrogen (secondary N) is 1. The van der Waals surface area contributed by atoms with Gasteiger partial charge in [0.05, 0.1) is 10.6 Å². The van der Waals surface area contributed by atoms with E-state index in [4.69, 9.17) is 16.3 Å². The third-order valence-corrected chi connectivity index (χ3v) is 2.83. The van der Waals surface area contributed by atoms with E-state index in [-0.39, 0.29) is 5.97 Å². The molecule has 1 rings (SSSR count). The number of ether oxygens (including phenoxy) is 1. The number of benzene rings is 1. The minimum absolute atomic E-state index is 0.363. The molecule has 0 spiro atoms. The zero-order chi connectivity index (χ0) is 13.4. The van der Waals surface area contributed by atoms with Crippen molar-refractivity contribution < 1.29 is 9.53 Å². The van der Waals surface area contributed by atoms with Gasteiger partial charge in [0.15, 0.2) is 0 Å². The molecular formula is C14H20ClNO2. The van der Waals surface area contributed by atoms with Crippen LogP contribution >= 0.6 is 11.6 Å². The van der Waals surface area contributed by atoms with Gasteiger partial charge in [-0.25, -0.2) is 4.79 Å². The predicted octanol–water partition coefficient (Wildman–Crippen LogP) is 3.13. The van der Waals surface area contributed by atoms with Crippen molar-refractivity contribution in [3.8, 4) is 0 Å². The van der Waals surface area contributed by atoms with Crippen LogP contribution in [0.3, 0.4) is 0 Å². The minimum Gasteiger partial charge on any atom is -0.461 e. The lowest BCUT2D eigenvalue weighted by molar-refractivity contribution is 0.0508. The first-order valence-electron chi connectivity index (χ1n) is 6.23. The summed E-state index contributed by atoms with van der Waals surface area (Å²) in [7, 11) is 0. The quantitative estimate of drug-likeness (QED) is 0.610. The molecule has 0 saturated heterocycles. The maximum atomic E-state index is 11.7. The van der Waals surface area contributed by atoms with Crippen LogP contribution in [0.1, 0.15) is 30.6 Å². The molecule has 0 heterocycles. The fourth-order valence-electron chi connectivity index (χ4n) is 1.44. The van der Waals surface area contributed by atoms with Gasteiger partial charge in [-0.05, 0) is 31.0 Å². The second-order valence-corrected chi connectivity index (χ2v) is 4.96. The van der Waals surface area contributed by atoms with E-state index in [1.165, 1.54) is 0 Å². The second-order valence-electron chi connectivity index (χ2n) is 4.55. The summed E-state index contributed by atoms with van der Waals surface area (Å²) in [6, 6.07) is 6.89. The van der Waals surface area contributed by atoms with Crippen molar-refractivity contribution in [2.45, 2.75) is 20.3 Å². The first-order chi connectivity index (χ1) is 8.61. The molecule has 0 amide bonds. The van der Waals surface area contributed by atoms with Crippen molar-refractivity contribution >= 4 is 17.6 Å². The summed E-state index contributed by atoms with van der Waals surface area (Å²) in [6.07, 6.45) is 1.12. The fourth-order valence-corrected chi connectivity index (χ4v) is 1.65. The molecule has 0 aliphatic heterocycles. The normalized spacial score (nSPS) is 10.7. The standard InChI is InChI=1S/C14H20ClNO2/c1-11(2)7-8-16-9-10-18-14(17)12-5-3-4-6-13(12)15/h3-6,11,16H,7-10H2,1-2H3. The summed E-state index contributed by atoms with van der Waals surface area (Å²) in [6.45, 7) is 6.34. The summed E-state index contributed by atoms with van der Waals surface area (Å²) in [5, 5.41) is 3.65. The van der Waals surface area contributed by atoms with Crippen molar-refractivity contribution in [2.75, 3.05) is 19.7 Å². The average Bonchev–Trinajstić information content (AvgIpc) is 2.33. The van der Waals surface area contributed by atoms with Crippen LogP contribution in [0.2, 0.25) is 5.02 Å². The van der Waals surface area contributed by atoms with Gasteiger partial charge < -0.3 is 10.1 Å². The molecule has 0 bridgehead atoms. The van der Waals surface area contributed by atoms with Gasteiger partial charge in [0.25, 0.3) is 0 Å². The summed E-state index contributed by atoms with van der Waals surface area (Å²) in [5.41, 5.74) is 0.418. The molecule has 1 aromatic carbocycles. The molecule has 3 nitrogen and oxygen atoms in total. The molecule has 0 radical (unpaired) electrons. The molecule has 100 valence electrons. The largest absolute Gasteiger partial charge is 0.461 e. The maximum Gasteiger partial charge on any atom is 0.339 e. The lowest BCUT2D eigenvalue weighted by atomic mass is 10.1. The lowest BCUT2D eigenvalue weighted by Gasteiger charge is -2.08. The van der Waals surface area contributed by atoms with E-state index in [0.717, 1.165) is 13.0 Å². The number of carbonyl (C=O) groups is 1. The summed E-state index contributed by atoms with van der Waals surface area (Å²) < 4.78 is 5.13. The van der Waals surface area contributed by atoms with Crippen molar-refractivity contribution in [3.63, 3.8) is 0 Å². The van der Waals surface area contributed by atoms with Crippen LogP contribution in [-0.4, -0.2) is 25.7 Å². The molecule has 0 aliphatic rings. The number of hydrogen-bond acceptors (Lipinski definition) is 3. The number of hydrogen-bond donors (Lipinski definition) is 1. The van der Waals surface area contributed by atoms with Gasteiger partial charge in [-0.3, -0.25) is 0 Å². The smallest absolute Gasteiger partial charge is 0.339 e. The molecule has 0 fully saturated rings. The summed E-state index contributed by atoms with van der Waals surface area (Å²) >= 11 is 5.90. The number of rotatable bonds is 7. The third-order valence-electron chi connectivity index (χ3n) is 2.50. The van der Waals surface area contributed by atoms with E-state index in [1.807, 2.05) is 0 Å². The van der Waals surface area contributed by atoms with E-state index < -0.39 is 0 Å². The summed E-state index contributed by atoms with van der Waals surface area (Å²) in [5.74, 6) is 0.314. The molecular weight excluding hydrogens is 250 g/mol. The predicted molar refractivity (Wildman–Crippen MR) is 74.1 cm³/mol. The van der Waals surface area contributed by atoms with Gasteiger partial charge in [0, 0.05) is 6.54 Å². The Balaban J connectivity index is 2.20.